The Morgan fingerprint density at radius 3 is 2.29 bits per heavy atom. The highest BCUT2D eigenvalue weighted by atomic mass is 16.2. The van der Waals surface area contributed by atoms with Gasteiger partial charge in [0, 0.05) is 18.8 Å². The van der Waals surface area contributed by atoms with Crippen LogP contribution in [0.25, 0.3) is 16.6 Å². The number of carbonyl (C=O) groups excluding carboxylic acids is 1. The Labute approximate surface area is 205 Å². The number of aryl methyl sites for hydroxylation is 1. The number of amides is 2. The van der Waals surface area contributed by atoms with Crippen LogP contribution in [0.5, 0.6) is 0 Å². The van der Waals surface area contributed by atoms with E-state index in [0.29, 0.717) is 35.5 Å². The first-order valence-electron chi connectivity index (χ1n) is 11.7. The summed E-state index contributed by atoms with van der Waals surface area (Å²) in [6, 6.07) is 23.7. The number of urea groups is 1. The molecule has 1 atom stereocenters. The maximum atomic E-state index is 13.6. The van der Waals surface area contributed by atoms with Crippen LogP contribution < -0.4 is 10.9 Å². The van der Waals surface area contributed by atoms with Gasteiger partial charge >= 0.3 is 6.03 Å². The molecule has 1 heterocycles. The van der Waals surface area contributed by atoms with Gasteiger partial charge in [-0.15, -0.1) is 0 Å². The molecule has 0 aliphatic heterocycles. The third-order valence-corrected chi connectivity index (χ3v) is 6.01. The highest BCUT2D eigenvalue weighted by molar-refractivity contribution is 5.89. The van der Waals surface area contributed by atoms with Crippen molar-refractivity contribution >= 4 is 22.6 Å². The summed E-state index contributed by atoms with van der Waals surface area (Å²) >= 11 is 0. The number of aromatic nitrogens is 2. The van der Waals surface area contributed by atoms with Gasteiger partial charge in [0.15, 0.2) is 0 Å². The lowest BCUT2D eigenvalue weighted by Crippen LogP contribution is -2.43. The first-order valence-corrected chi connectivity index (χ1v) is 11.7. The van der Waals surface area contributed by atoms with Gasteiger partial charge in [-0.1, -0.05) is 48.0 Å². The number of likely N-dealkylation sites (N-methyl/N-ethyl adjacent to an activating group) is 1. The molecule has 3 aromatic carbocycles. The number of carbonyl (C=O) groups is 1. The summed E-state index contributed by atoms with van der Waals surface area (Å²) in [6.07, 6.45) is 0. The van der Waals surface area contributed by atoms with Crippen molar-refractivity contribution in [2.24, 2.45) is 0 Å². The quantitative estimate of drug-likeness (QED) is 0.420. The number of anilines is 1. The van der Waals surface area contributed by atoms with Gasteiger partial charge in [-0.25, -0.2) is 9.78 Å². The zero-order valence-corrected chi connectivity index (χ0v) is 20.6. The summed E-state index contributed by atoms with van der Waals surface area (Å²) in [5.41, 5.74) is 3.00. The Morgan fingerprint density at radius 1 is 0.943 bits per heavy atom. The van der Waals surface area contributed by atoms with E-state index < -0.39 is 6.04 Å². The van der Waals surface area contributed by atoms with Gasteiger partial charge in [-0.2, -0.15) is 0 Å². The van der Waals surface area contributed by atoms with Crippen LogP contribution in [0.4, 0.5) is 10.5 Å². The fourth-order valence-electron chi connectivity index (χ4n) is 4.01. The summed E-state index contributed by atoms with van der Waals surface area (Å²) < 4.78 is 1.62. The Balaban J connectivity index is 1.80. The molecule has 7 heteroatoms. The number of para-hydroxylation sites is 2. The van der Waals surface area contributed by atoms with Gasteiger partial charge in [0.05, 0.1) is 22.6 Å². The normalized spacial score (nSPS) is 12.0. The predicted octanol–water partition coefficient (Wildman–Crippen LogP) is 4.85. The van der Waals surface area contributed by atoms with Crippen LogP contribution in [0, 0.1) is 6.92 Å². The minimum Gasteiger partial charge on any atom is -0.313 e. The molecular weight excluding hydrogens is 438 g/mol. The number of nitrogens with one attached hydrogen (secondary N) is 1. The first kappa shape index (κ1) is 24.2. The third-order valence-electron chi connectivity index (χ3n) is 6.01. The van der Waals surface area contributed by atoms with E-state index in [9.17, 15) is 9.59 Å². The molecule has 35 heavy (non-hydrogen) atoms. The molecule has 1 N–H and O–H groups in total. The van der Waals surface area contributed by atoms with Gasteiger partial charge in [-0.3, -0.25) is 9.36 Å². The fraction of sp³-hybridized carbons (Fsp3) is 0.250. The summed E-state index contributed by atoms with van der Waals surface area (Å²) in [7, 11) is 3.93. The van der Waals surface area contributed by atoms with Crippen LogP contribution in [0.2, 0.25) is 0 Å². The van der Waals surface area contributed by atoms with Crippen molar-refractivity contribution in [1.82, 2.24) is 19.4 Å². The van der Waals surface area contributed by atoms with Gasteiger partial charge in [0.1, 0.15) is 5.82 Å². The molecule has 0 spiro atoms. The molecule has 4 aromatic rings. The second-order valence-electron chi connectivity index (χ2n) is 8.93. The van der Waals surface area contributed by atoms with Crippen LogP contribution >= 0.6 is 0 Å². The summed E-state index contributed by atoms with van der Waals surface area (Å²) in [4.78, 5) is 35.8. The minimum absolute atomic E-state index is 0.157. The molecule has 7 nitrogen and oxygen atoms in total. The van der Waals surface area contributed by atoms with E-state index in [1.54, 1.807) is 15.5 Å². The van der Waals surface area contributed by atoms with Crippen molar-refractivity contribution in [3.8, 4) is 5.69 Å². The molecule has 0 saturated carbocycles. The van der Waals surface area contributed by atoms with Gasteiger partial charge in [0.25, 0.3) is 5.56 Å². The Morgan fingerprint density at radius 2 is 1.60 bits per heavy atom. The maximum absolute atomic E-state index is 13.6. The first-order chi connectivity index (χ1) is 16.8. The molecule has 0 aliphatic carbocycles. The topological polar surface area (TPSA) is 70.5 Å². The Bertz CT molecular complexity index is 1360. The van der Waals surface area contributed by atoms with E-state index in [4.69, 9.17) is 4.98 Å². The van der Waals surface area contributed by atoms with Gasteiger partial charge in [0.2, 0.25) is 0 Å². The third kappa shape index (κ3) is 5.41. The molecule has 2 amide bonds. The molecule has 0 saturated heterocycles. The van der Waals surface area contributed by atoms with Crippen molar-refractivity contribution in [3.05, 3.63) is 101 Å². The molecular formula is C28H31N5O2. The maximum Gasteiger partial charge on any atom is 0.322 e. The highest BCUT2D eigenvalue weighted by Crippen LogP contribution is 2.24. The van der Waals surface area contributed by atoms with E-state index in [-0.39, 0.29) is 11.6 Å². The largest absolute Gasteiger partial charge is 0.322 e. The van der Waals surface area contributed by atoms with Crippen molar-refractivity contribution in [1.29, 1.82) is 0 Å². The lowest BCUT2D eigenvalue weighted by atomic mass is 10.2. The van der Waals surface area contributed by atoms with E-state index in [1.165, 1.54) is 0 Å². The molecule has 0 aliphatic rings. The van der Waals surface area contributed by atoms with Crippen LogP contribution in [0.1, 0.15) is 24.4 Å². The highest BCUT2D eigenvalue weighted by Gasteiger charge is 2.27. The summed E-state index contributed by atoms with van der Waals surface area (Å²) in [5.74, 6) is 0.512. The SMILES string of the molecule is Cc1ccc(NC(=O)N(CCN(C)C)C(C)c2nc3ccccc3c(=O)n2-c2ccccc2)cc1. The monoisotopic (exact) mass is 469 g/mol. The summed E-state index contributed by atoms with van der Waals surface area (Å²) in [5, 5.41) is 3.55. The second kappa shape index (κ2) is 10.5. The number of rotatable bonds is 7. The number of hydrogen-bond acceptors (Lipinski definition) is 4. The van der Waals surface area contributed by atoms with E-state index >= 15 is 0 Å². The van der Waals surface area contributed by atoms with Crippen molar-refractivity contribution < 1.29 is 4.79 Å². The fourth-order valence-corrected chi connectivity index (χ4v) is 4.01. The zero-order chi connectivity index (χ0) is 24.9. The predicted molar refractivity (Wildman–Crippen MR) is 141 cm³/mol. The average molecular weight is 470 g/mol. The summed E-state index contributed by atoms with van der Waals surface area (Å²) in [6.45, 7) is 5.05. The molecule has 0 bridgehead atoms. The van der Waals surface area contributed by atoms with Crippen LogP contribution in [0.3, 0.4) is 0 Å². The van der Waals surface area contributed by atoms with Crippen LogP contribution in [-0.2, 0) is 0 Å². The molecule has 4 rings (SSSR count). The minimum atomic E-state index is -0.474. The van der Waals surface area contributed by atoms with Gasteiger partial charge in [-0.05, 0) is 64.3 Å². The molecule has 180 valence electrons. The van der Waals surface area contributed by atoms with Crippen LogP contribution in [-0.4, -0.2) is 52.6 Å². The second-order valence-corrected chi connectivity index (χ2v) is 8.93. The Hall–Kier alpha value is -3.97. The molecule has 1 unspecified atom stereocenters. The standard InChI is InChI=1S/C28H31N5O2/c1-20-14-16-22(17-15-20)29-28(35)32(19-18-31(3)4)21(2)26-30-25-13-9-8-12-24(25)27(34)33(26)23-10-6-5-7-11-23/h5-17,21H,18-19H2,1-4H3,(H,29,35). The van der Waals surface area contributed by atoms with Gasteiger partial charge < -0.3 is 15.1 Å². The van der Waals surface area contributed by atoms with Crippen LogP contribution in [0.15, 0.2) is 83.7 Å². The molecule has 0 fully saturated rings. The lowest BCUT2D eigenvalue weighted by Gasteiger charge is -2.31. The average Bonchev–Trinajstić information content (AvgIpc) is 2.85. The lowest BCUT2D eigenvalue weighted by molar-refractivity contribution is 0.181. The zero-order valence-electron chi connectivity index (χ0n) is 20.6. The smallest absolute Gasteiger partial charge is 0.313 e. The number of nitrogens with zero attached hydrogens (tertiary/aromatic N) is 4. The number of fused-ring (bicyclic) bond motifs is 1. The number of benzene rings is 3. The van der Waals surface area contributed by atoms with Crippen molar-refractivity contribution in [2.75, 3.05) is 32.5 Å². The molecule has 1 aromatic heterocycles. The van der Waals surface area contributed by atoms with Crippen molar-refractivity contribution in [3.63, 3.8) is 0 Å². The van der Waals surface area contributed by atoms with Crippen molar-refractivity contribution in [2.45, 2.75) is 19.9 Å². The van der Waals surface area contributed by atoms with E-state index in [2.05, 4.69) is 5.32 Å². The Kier molecular flexibility index (Phi) is 7.27. The van der Waals surface area contributed by atoms with E-state index in [1.807, 2.05) is 106 Å². The molecule has 0 radical (unpaired) electrons. The van der Waals surface area contributed by atoms with E-state index in [0.717, 1.165) is 11.3 Å². The number of hydrogen-bond donors (Lipinski definition) is 1.